The van der Waals surface area contributed by atoms with Gasteiger partial charge in [0.2, 0.25) is 5.91 Å². The van der Waals surface area contributed by atoms with Crippen LogP contribution in [-0.4, -0.2) is 45.1 Å². The number of carbonyl (C=O) groups is 2. The molecule has 0 aliphatic heterocycles. The first-order valence-corrected chi connectivity index (χ1v) is 10.7. The molecule has 0 fully saturated rings. The molecule has 31 heavy (non-hydrogen) atoms. The minimum absolute atomic E-state index is 0.0679. The zero-order chi connectivity index (χ0) is 22.5. The average molecular weight is 447 g/mol. The molecule has 0 saturated carbocycles. The van der Waals surface area contributed by atoms with Gasteiger partial charge in [-0.3, -0.25) is 9.59 Å². The first kappa shape index (κ1) is 22.7. The van der Waals surface area contributed by atoms with E-state index in [1.807, 2.05) is 13.8 Å². The number of fused-ring (bicyclic) bond motifs is 1. The third-order valence-electron chi connectivity index (χ3n) is 4.90. The number of thioether (sulfide) groups is 1. The maximum Gasteiger partial charge on any atom is 0.291 e. The van der Waals surface area contributed by atoms with E-state index in [-0.39, 0.29) is 36.1 Å². The van der Waals surface area contributed by atoms with Crippen molar-refractivity contribution in [1.82, 2.24) is 19.8 Å². The van der Waals surface area contributed by atoms with Crippen LogP contribution in [0.15, 0.2) is 53.7 Å². The van der Waals surface area contributed by atoms with Crippen LogP contribution >= 0.6 is 11.8 Å². The number of alkyl halides is 2. The van der Waals surface area contributed by atoms with Gasteiger partial charge in [0.15, 0.2) is 5.16 Å². The van der Waals surface area contributed by atoms with Crippen molar-refractivity contribution in [2.24, 2.45) is 0 Å². The summed E-state index contributed by atoms with van der Waals surface area (Å²) in [7, 11) is 1.75. The van der Waals surface area contributed by atoms with Gasteiger partial charge in [-0.05, 0) is 55.4 Å². The molecule has 0 bridgehead atoms. The Bertz CT molecular complexity index is 1070. The Labute approximate surface area is 183 Å². The summed E-state index contributed by atoms with van der Waals surface area (Å²) in [4.78, 5) is 30.7. The number of nitrogens with one attached hydrogen (secondary N) is 1. The van der Waals surface area contributed by atoms with Crippen molar-refractivity contribution >= 4 is 34.6 Å². The van der Waals surface area contributed by atoms with Gasteiger partial charge in [-0.2, -0.15) is 8.78 Å². The summed E-state index contributed by atoms with van der Waals surface area (Å²) >= 11 is 0.318. The molecular formula is C22H24F2N4O2S. The van der Waals surface area contributed by atoms with E-state index in [0.717, 1.165) is 5.56 Å². The van der Waals surface area contributed by atoms with Crippen LogP contribution in [0.4, 0.5) is 8.78 Å². The summed E-state index contributed by atoms with van der Waals surface area (Å²) < 4.78 is 27.3. The maximum absolute atomic E-state index is 12.9. The molecule has 0 radical (unpaired) electrons. The molecule has 0 atom stereocenters. The molecule has 2 amide bonds. The topological polar surface area (TPSA) is 67.2 Å². The fraction of sp³-hybridized carbons (Fsp3) is 0.318. The lowest BCUT2D eigenvalue weighted by Crippen LogP contribution is -2.33. The molecule has 164 valence electrons. The van der Waals surface area contributed by atoms with E-state index >= 15 is 0 Å². The van der Waals surface area contributed by atoms with E-state index < -0.39 is 5.76 Å². The number of aromatic nitrogens is 2. The average Bonchev–Trinajstić information content (AvgIpc) is 3.07. The monoisotopic (exact) mass is 446 g/mol. The molecule has 1 N–H and O–H groups in total. The van der Waals surface area contributed by atoms with Crippen LogP contribution in [0.1, 0.15) is 29.8 Å². The Morgan fingerprint density at radius 3 is 2.45 bits per heavy atom. The number of rotatable bonds is 8. The van der Waals surface area contributed by atoms with E-state index in [1.165, 1.54) is 4.57 Å². The van der Waals surface area contributed by atoms with E-state index in [0.29, 0.717) is 28.4 Å². The lowest BCUT2D eigenvalue weighted by atomic mass is 10.1. The predicted octanol–water partition coefficient (Wildman–Crippen LogP) is 4.15. The van der Waals surface area contributed by atoms with Crippen LogP contribution in [0.25, 0.3) is 11.0 Å². The van der Waals surface area contributed by atoms with Crippen molar-refractivity contribution in [3.8, 4) is 0 Å². The summed E-state index contributed by atoms with van der Waals surface area (Å²) in [6.07, 6.45) is 0. The lowest BCUT2D eigenvalue weighted by molar-refractivity contribution is -0.121. The van der Waals surface area contributed by atoms with Crippen molar-refractivity contribution in [3.05, 3.63) is 59.7 Å². The zero-order valence-electron chi connectivity index (χ0n) is 17.5. The van der Waals surface area contributed by atoms with Crippen LogP contribution in [0.3, 0.4) is 0 Å². The van der Waals surface area contributed by atoms with Crippen molar-refractivity contribution in [1.29, 1.82) is 0 Å². The second kappa shape index (κ2) is 9.91. The van der Waals surface area contributed by atoms with E-state index in [4.69, 9.17) is 0 Å². The van der Waals surface area contributed by atoms with Gasteiger partial charge in [-0.25, -0.2) is 4.98 Å². The number of nitrogens with zero attached hydrogens (tertiary/aromatic N) is 3. The molecule has 0 unspecified atom stereocenters. The molecule has 1 heterocycles. The standard InChI is InChI=1S/C22H24F2N4O2S/c1-14(2)27(3)20(30)16-10-8-15(9-11-16)12-25-19(29)13-28-18-7-5-4-6-17(18)26-22(28)31-21(23)24/h4-11,14,21H,12-13H2,1-3H3,(H,25,29). The molecule has 3 aromatic rings. The smallest absolute Gasteiger partial charge is 0.291 e. The molecule has 1 aromatic heterocycles. The number of imidazole rings is 1. The normalized spacial score (nSPS) is 11.3. The minimum Gasteiger partial charge on any atom is -0.350 e. The van der Waals surface area contributed by atoms with E-state index in [2.05, 4.69) is 10.3 Å². The number of amides is 2. The summed E-state index contributed by atoms with van der Waals surface area (Å²) in [5.74, 6) is -3.02. The third kappa shape index (κ3) is 5.61. The minimum atomic E-state index is -2.63. The first-order valence-electron chi connectivity index (χ1n) is 9.79. The second-order valence-corrected chi connectivity index (χ2v) is 8.29. The maximum atomic E-state index is 12.9. The Kier molecular flexibility index (Phi) is 7.27. The van der Waals surface area contributed by atoms with Crippen LogP contribution in [-0.2, 0) is 17.9 Å². The number of carbonyl (C=O) groups excluding carboxylic acids is 2. The molecule has 0 saturated heterocycles. The van der Waals surface area contributed by atoms with Gasteiger partial charge in [0.1, 0.15) is 6.54 Å². The highest BCUT2D eigenvalue weighted by molar-refractivity contribution is 7.99. The van der Waals surface area contributed by atoms with Gasteiger partial charge < -0.3 is 14.8 Å². The number of hydrogen-bond donors (Lipinski definition) is 1. The Morgan fingerprint density at radius 1 is 1.13 bits per heavy atom. The Morgan fingerprint density at radius 2 is 1.81 bits per heavy atom. The molecule has 9 heteroatoms. The van der Waals surface area contributed by atoms with Crippen LogP contribution < -0.4 is 5.32 Å². The van der Waals surface area contributed by atoms with Gasteiger partial charge in [0, 0.05) is 25.2 Å². The molecule has 0 spiro atoms. The van der Waals surface area contributed by atoms with Crippen LogP contribution in [0.2, 0.25) is 0 Å². The summed E-state index contributed by atoms with van der Waals surface area (Å²) in [6.45, 7) is 4.02. The van der Waals surface area contributed by atoms with Gasteiger partial charge in [-0.15, -0.1) is 0 Å². The van der Waals surface area contributed by atoms with E-state index in [1.54, 1.807) is 60.5 Å². The molecular weight excluding hydrogens is 422 g/mol. The van der Waals surface area contributed by atoms with Gasteiger partial charge in [-0.1, -0.05) is 24.3 Å². The number of hydrogen-bond acceptors (Lipinski definition) is 4. The fourth-order valence-electron chi connectivity index (χ4n) is 2.98. The third-order valence-corrected chi connectivity index (χ3v) is 5.60. The SMILES string of the molecule is CC(C)N(C)C(=O)c1ccc(CNC(=O)Cn2c(SC(F)F)nc3ccccc32)cc1. The zero-order valence-corrected chi connectivity index (χ0v) is 18.3. The van der Waals surface area contributed by atoms with Crippen LogP contribution in [0, 0.1) is 0 Å². The summed E-state index contributed by atoms with van der Waals surface area (Å²) in [5, 5.41) is 2.89. The van der Waals surface area contributed by atoms with Gasteiger partial charge in [0.25, 0.3) is 11.7 Å². The quantitative estimate of drug-likeness (QED) is 0.528. The highest BCUT2D eigenvalue weighted by Crippen LogP contribution is 2.28. The summed E-state index contributed by atoms with van der Waals surface area (Å²) in [5.41, 5.74) is 2.59. The summed E-state index contributed by atoms with van der Waals surface area (Å²) in [6, 6.07) is 14.1. The highest BCUT2D eigenvalue weighted by Gasteiger charge is 2.18. The number of para-hydroxylation sites is 2. The van der Waals surface area contributed by atoms with E-state index in [9.17, 15) is 18.4 Å². The van der Waals surface area contributed by atoms with Crippen molar-refractivity contribution in [2.75, 3.05) is 7.05 Å². The molecule has 0 aliphatic rings. The largest absolute Gasteiger partial charge is 0.350 e. The first-order chi connectivity index (χ1) is 14.8. The highest BCUT2D eigenvalue weighted by atomic mass is 32.2. The van der Waals surface area contributed by atoms with Crippen LogP contribution in [0.5, 0.6) is 0 Å². The molecule has 3 rings (SSSR count). The van der Waals surface area contributed by atoms with Crippen molar-refractivity contribution in [3.63, 3.8) is 0 Å². The predicted molar refractivity (Wildman–Crippen MR) is 117 cm³/mol. The Hall–Kier alpha value is -2.94. The number of halogens is 2. The lowest BCUT2D eigenvalue weighted by Gasteiger charge is -2.21. The fourth-order valence-corrected chi connectivity index (χ4v) is 3.58. The second-order valence-electron chi connectivity index (χ2n) is 7.33. The number of benzene rings is 2. The molecule has 0 aliphatic carbocycles. The molecule has 2 aromatic carbocycles. The molecule has 6 nitrogen and oxygen atoms in total. The van der Waals surface area contributed by atoms with Crippen molar-refractivity contribution in [2.45, 2.75) is 43.9 Å². The Balaban J connectivity index is 1.65. The van der Waals surface area contributed by atoms with Gasteiger partial charge in [0.05, 0.1) is 11.0 Å². The van der Waals surface area contributed by atoms with Crippen molar-refractivity contribution < 1.29 is 18.4 Å². The van der Waals surface area contributed by atoms with Gasteiger partial charge >= 0.3 is 0 Å².